The number of Topliss-reactive ketones (excluding diaryl/α,β-unsaturated/α-hetero) is 1. The van der Waals surface area contributed by atoms with E-state index in [-0.39, 0.29) is 29.5 Å². The first-order valence-electron chi connectivity index (χ1n) is 7.04. The van der Waals surface area contributed by atoms with E-state index >= 15 is 0 Å². The summed E-state index contributed by atoms with van der Waals surface area (Å²) in [4.78, 5) is 23.4. The maximum Gasteiger partial charge on any atom is 0.302 e. The van der Waals surface area contributed by atoms with Gasteiger partial charge in [-0.1, -0.05) is 12.1 Å². The fraction of sp³-hybridized carbons (Fsp3) is 0.500. The highest BCUT2D eigenvalue weighted by molar-refractivity contribution is 5.82. The van der Waals surface area contributed by atoms with Gasteiger partial charge in [-0.05, 0) is 43.4 Å². The lowest BCUT2D eigenvalue weighted by Crippen LogP contribution is -2.32. The van der Waals surface area contributed by atoms with Gasteiger partial charge in [0.2, 0.25) is 0 Å². The van der Waals surface area contributed by atoms with Crippen molar-refractivity contribution in [1.82, 2.24) is 0 Å². The van der Waals surface area contributed by atoms with E-state index in [0.29, 0.717) is 12.8 Å². The number of aromatic hydroxyl groups is 1. The average Bonchev–Trinajstić information content (AvgIpc) is 2.56. The van der Waals surface area contributed by atoms with E-state index in [9.17, 15) is 14.7 Å². The minimum absolute atomic E-state index is 0.168. The molecule has 0 saturated heterocycles. The molecule has 2 rings (SSSR count). The Balaban J connectivity index is 2.15. The zero-order valence-corrected chi connectivity index (χ0v) is 11.7. The predicted octanol–water partition coefficient (Wildman–Crippen LogP) is 2.63. The maximum absolute atomic E-state index is 12.2. The van der Waals surface area contributed by atoms with Gasteiger partial charge in [-0.25, -0.2) is 0 Å². The largest absolute Gasteiger partial charge is 0.508 e. The van der Waals surface area contributed by atoms with E-state index in [1.165, 1.54) is 6.92 Å². The Morgan fingerprint density at radius 3 is 2.65 bits per heavy atom. The molecule has 2 unspecified atom stereocenters. The highest BCUT2D eigenvalue weighted by atomic mass is 16.5. The molecule has 0 heterocycles. The SMILES string of the molecule is CC(=O)OC1CCCCC(=O)C1Cc1ccc(O)cc1. The van der Waals surface area contributed by atoms with Crippen molar-refractivity contribution in [3.63, 3.8) is 0 Å². The van der Waals surface area contributed by atoms with Crippen molar-refractivity contribution in [2.75, 3.05) is 0 Å². The van der Waals surface area contributed by atoms with Crippen LogP contribution in [0.3, 0.4) is 0 Å². The number of carbonyl (C=O) groups excluding carboxylic acids is 2. The van der Waals surface area contributed by atoms with Crippen molar-refractivity contribution >= 4 is 11.8 Å². The van der Waals surface area contributed by atoms with Crippen molar-refractivity contribution in [3.8, 4) is 5.75 Å². The third-order valence-corrected chi connectivity index (χ3v) is 3.73. The molecule has 0 amide bonds. The van der Waals surface area contributed by atoms with E-state index in [0.717, 1.165) is 24.8 Å². The number of esters is 1. The fourth-order valence-electron chi connectivity index (χ4n) is 2.72. The van der Waals surface area contributed by atoms with Crippen LogP contribution >= 0.6 is 0 Å². The highest BCUT2D eigenvalue weighted by Gasteiger charge is 2.32. The van der Waals surface area contributed by atoms with Crippen LogP contribution in [0.2, 0.25) is 0 Å². The molecule has 4 heteroatoms. The summed E-state index contributed by atoms with van der Waals surface area (Å²) in [6.07, 6.45) is 3.31. The van der Waals surface area contributed by atoms with Crippen LogP contribution in [0, 0.1) is 5.92 Å². The van der Waals surface area contributed by atoms with Gasteiger partial charge < -0.3 is 9.84 Å². The predicted molar refractivity (Wildman–Crippen MR) is 74.3 cm³/mol. The van der Waals surface area contributed by atoms with E-state index in [1.54, 1.807) is 24.3 Å². The van der Waals surface area contributed by atoms with Crippen molar-refractivity contribution < 1.29 is 19.4 Å². The highest BCUT2D eigenvalue weighted by Crippen LogP contribution is 2.27. The van der Waals surface area contributed by atoms with Crippen LogP contribution in [0.5, 0.6) is 5.75 Å². The molecule has 1 aromatic carbocycles. The second-order valence-corrected chi connectivity index (χ2v) is 5.34. The van der Waals surface area contributed by atoms with Crippen molar-refractivity contribution in [2.24, 2.45) is 5.92 Å². The molecule has 1 saturated carbocycles. The van der Waals surface area contributed by atoms with Gasteiger partial charge in [0, 0.05) is 13.3 Å². The first-order chi connectivity index (χ1) is 9.56. The van der Waals surface area contributed by atoms with Gasteiger partial charge in [-0.2, -0.15) is 0 Å². The van der Waals surface area contributed by atoms with Crippen molar-refractivity contribution in [1.29, 1.82) is 0 Å². The molecule has 20 heavy (non-hydrogen) atoms. The van der Waals surface area contributed by atoms with Gasteiger partial charge in [0.15, 0.2) is 0 Å². The summed E-state index contributed by atoms with van der Waals surface area (Å²) in [6.45, 7) is 1.38. The van der Waals surface area contributed by atoms with Gasteiger partial charge in [0.05, 0.1) is 5.92 Å². The van der Waals surface area contributed by atoms with Gasteiger partial charge >= 0.3 is 5.97 Å². The minimum atomic E-state index is -0.333. The molecular formula is C16H20O4. The normalized spacial score (nSPS) is 23.1. The summed E-state index contributed by atoms with van der Waals surface area (Å²) in [5.41, 5.74) is 0.972. The Bertz CT molecular complexity index is 478. The summed E-state index contributed by atoms with van der Waals surface area (Å²) in [5, 5.41) is 9.29. The molecule has 4 nitrogen and oxygen atoms in total. The maximum atomic E-state index is 12.2. The molecule has 2 atom stereocenters. The Kier molecular flexibility index (Phi) is 4.77. The summed E-state index contributed by atoms with van der Waals surface area (Å²) < 4.78 is 5.34. The molecule has 0 spiro atoms. The smallest absolute Gasteiger partial charge is 0.302 e. The summed E-state index contributed by atoms with van der Waals surface area (Å²) in [6, 6.07) is 6.82. The van der Waals surface area contributed by atoms with Crippen LogP contribution in [0.15, 0.2) is 24.3 Å². The number of carbonyl (C=O) groups is 2. The second kappa shape index (κ2) is 6.55. The van der Waals surface area contributed by atoms with Crippen LogP contribution < -0.4 is 0 Å². The molecular weight excluding hydrogens is 256 g/mol. The van der Waals surface area contributed by atoms with Crippen LogP contribution in [0.25, 0.3) is 0 Å². The van der Waals surface area contributed by atoms with E-state index in [4.69, 9.17) is 4.74 Å². The number of hydrogen-bond donors (Lipinski definition) is 1. The first kappa shape index (κ1) is 14.6. The number of benzene rings is 1. The summed E-state index contributed by atoms with van der Waals surface area (Å²) >= 11 is 0. The summed E-state index contributed by atoms with van der Waals surface area (Å²) in [7, 11) is 0. The van der Waals surface area contributed by atoms with Crippen LogP contribution in [-0.2, 0) is 20.7 Å². The standard InChI is InChI=1S/C16H20O4/c1-11(17)20-16-5-3-2-4-15(19)14(16)10-12-6-8-13(18)9-7-12/h6-9,14,16,18H,2-5,10H2,1H3. The Labute approximate surface area is 118 Å². The minimum Gasteiger partial charge on any atom is -0.508 e. The second-order valence-electron chi connectivity index (χ2n) is 5.34. The summed E-state index contributed by atoms with van der Waals surface area (Å²) in [5.74, 6) is -0.231. The van der Waals surface area contributed by atoms with E-state index < -0.39 is 0 Å². The number of hydrogen-bond acceptors (Lipinski definition) is 4. The molecule has 0 radical (unpaired) electrons. The topological polar surface area (TPSA) is 63.6 Å². The molecule has 0 bridgehead atoms. The van der Waals surface area contributed by atoms with Crippen molar-refractivity contribution in [2.45, 2.75) is 45.1 Å². The molecule has 0 aliphatic heterocycles. The Morgan fingerprint density at radius 1 is 1.30 bits per heavy atom. The van der Waals surface area contributed by atoms with Gasteiger partial charge in [0.1, 0.15) is 17.6 Å². The van der Waals surface area contributed by atoms with Gasteiger partial charge in [0.25, 0.3) is 0 Å². The average molecular weight is 276 g/mol. The molecule has 1 aliphatic carbocycles. The molecule has 0 aromatic heterocycles. The van der Waals surface area contributed by atoms with Gasteiger partial charge in [-0.15, -0.1) is 0 Å². The van der Waals surface area contributed by atoms with Crippen LogP contribution in [-0.4, -0.2) is 23.0 Å². The first-order valence-corrected chi connectivity index (χ1v) is 7.04. The fourth-order valence-corrected chi connectivity index (χ4v) is 2.72. The number of ketones is 1. The lowest BCUT2D eigenvalue weighted by atomic mass is 9.89. The van der Waals surface area contributed by atoms with Crippen molar-refractivity contribution in [3.05, 3.63) is 29.8 Å². The lowest BCUT2D eigenvalue weighted by Gasteiger charge is -2.23. The third kappa shape index (κ3) is 3.83. The number of rotatable bonds is 3. The van der Waals surface area contributed by atoms with Crippen LogP contribution in [0.1, 0.15) is 38.2 Å². The third-order valence-electron chi connectivity index (χ3n) is 3.73. The molecule has 1 N–H and O–H groups in total. The number of phenols is 1. The molecule has 1 aliphatic rings. The van der Waals surface area contributed by atoms with E-state index in [2.05, 4.69) is 0 Å². The quantitative estimate of drug-likeness (QED) is 0.681. The zero-order chi connectivity index (χ0) is 14.5. The Morgan fingerprint density at radius 2 is 2.00 bits per heavy atom. The molecule has 1 aromatic rings. The van der Waals surface area contributed by atoms with Gasteiger partial charge in [-0.3, -0.25) is 9.59 Å². The molecule has 108 valence electrons. The monoisotopic (exact) mass is 276 g/mol. The van der Waals surface area contributed by atoms with E-state index in [1.807, 2.05) is 0 Å². The van der Waals surface area contributed by atoms with Crippen LogP contribution in [0.4, 0.5) is 0 Å². The zero-order valence-electron chi connectivity index (χ0n) is 11.7. The lowest BCUT2D eigenvalue weighted by molar-refractivity contribution is -0.151. The number of ether oxygens (including phenoxy) is 1. The molecule has 1 fully saturated rings. The number of phenolic OH excluding ortho intramolecular Hbond substituents is 1. The Hall–Kier alpha value is -1.84.